The van der Waals surface area contributed by atoms with E-state index in [-0.39, 0.29) is 24.6 Å². The number of carboxylic acid groups (broad SMARTS) is 1. The molecule has 1 fully saturated rings. The molecule has 2 atom stereocenters. The first-order valence-corrected chi connectivity index (χ1v) is 6.27. The molecule has 112 valence electrons. The average molecular weight is 296 g/mol. The van der Waals surface area contributed by atoms with Crippen molar-refractivity contribution in [3.05, 3.63) is 39.7 Å². The maximum absolute atomic E-state index is 13.3. The van der Waals surface area contributed by atoms with Gasteiger partial charge in [0.2, 0.25) is 0 Å². The zero-order valence-electron chi connectivity index (χ0n) is 11.2. The van der Waals surface area contributed by atoms with Crippen LogP contribution in [0.5, 0.6) is 0 Å². The molecule has 21 heavy (non-hydrogen) atoms. The number of nitro benzene ring substituents is 1. The lowest BCUT2D eigenvalue weighted by Crippen LogP contribution is -2.30. The van der Waals surface area contributed by atoms with E-state index in [0.29, 0.717) is 0 Å². The first-order valence-electron chi connectivity index (χ1n) is 6.27. The number of carbonyl (C=O) groups is 2. The number of likely N-dealkylation sites (tertiary alicyclic amines) is 1. The summed E-state index contributed by atoms with van der Waals surface area (Å²) in [5.74, 6) is -3.49. The third kappa shape index (κ3) is 2.83. The summed E-state index contributed by atoms with van der Waals surface area (Å²) in [5, 5.41) is 19.9. The van der Waals surface area contributed by atoms with Gasteiger partial charge in [-0.1, -0.05) is 6.92 Å². The molecule has 0 aromatic heterocycles. The third-order valence-corrected chi connectivity index (χ3v) is 3.60. The Balaban J connectivity index is 2.31. The van der Waals surface area contributed by atoms with Crippen molar-refractivity contribution in [3.8, 4) is 0 Å². The second-order valence-electron chi connectivity index (χ2n) is 5.05. The summed E-state index contributed by atoms with van der Waals surface area (Å²) < 4.78 is 13.3. The van der Waals surface area contributed by atoms with E-state index < -0.39 is 34.2 Å². The zero-order valence-corrected chi connectivity index (χ0v) is 11.2. The molecule has 0 aliphatic carbocycles. The summed E-state index contributed by atoms with van der Waals surface area (Å²) in [4.78, 5) is 34.7. The summed E-state index contributed by atoms with van der Waals surface area (Å²) in [5.41, 5.74) is -0.855. The predicted molar refractivity (Wildman–Crippen MR) is 69.2 cm³/mol. The maximum Gasteiger partial charge on any atom is 0.308 e. The van der Waals surface area contributed by atoms with E-state index in [1.807, 2.05) is 0 Å². The normalized spacial score (nSPS) is 21.3. The minimum atomic E-state index is -1.02. The second kappa shape index (κ2) is 5.47. The van der Waals surface area contributed by atoms with Gasteiger partial charge in [-0.25, -0.2) is 4.39 Å². The first kappa shape index (κ1) is 14.9. The Labute approximate surface area is 119 Å². The van der Waals surface area contributed by atoms with Gasteiger partial charge in [0.15, 0.2) is 0 Å². The van der Waals surface area contributed by atoms with Crippen molar-refractivity contribution < 1.29 is 24.0 Å². The number of hydrogen-bond acceptors (Lipinski definition) is 4. The molecule has 1 aliphatic heterocycles. The molecule has 1 aromatic rings. The van der Waals surface area contributed by atoms with Gasteiger partial charge in [0.05, 0.1) is 10.8 Å². The van der Waals surface area contributed by atoms with Crippen LogP contribution in [0.1, 0.15) is 17.3 Å². The fourth-order valence-corrected chi connectivity index (χ4v) is 2.46. The number of halogens is 1. The van der Waals surface area contributed by atoms with E-state index in [1.165, 1.54) is 4.90 Å². The smallest absolute Gasteiger partial charge is 0.308 e. The number of carboxylic acids is 1. The van der Waals surface area contributed by atoms with Crippen LogP contribution < -0.4 is 0 Å². The van der Waals surface area contributed by atoms with Crippen LogP contribution in [0.3, 0.4) is 0 Å². The van der Waals surface area contributed by atoms with Gasteiger partial charge in [-0.15, -0.1) is 0 Å². The summed E-state index contributed by atoms with van der Waals surface area (Å²) in [6, 6.07) is 2.64. The SMILES string of the molecule is C[C@@H]1CN(C(=O)c2cc(F)ccc2[N+](=O)[O-])C[C@H]1C(=O)O. The lowest BCUT2D eigenvalue weighted by Gasteiger charge is -2.15. The van der Waals surface area contributed by atoms with Gasteiger partial charge in [0.25, 0.3) is 11.6 Å². The molecule has 0 spiro atoms. The lowest BCUT2D eigenvalue weighted by atomic mass is 9.99. The highest BCUT2D eigenvalue weighted by molar-refractivity contribution is 5.98. The molecule has 0 saturated carbocycles. The number of nitro groups is 1. The Morgan fingerprint density at radius 1 is 1.43 bits per heavy atom. The summed E-state index contributed by atoms with van der Waals surface area (Å²) in [7, 11) is 0. The van der Waals surface area contributed by atoms with E-state index in [0.717, 1.165) is 18.2 Å². The molecule has 0 unspecified atom stereocenters. The summed E-state index contributed by atoms with van der Waals surface area (Å²) >= 11 is 0. The molecule has 1 heterocycles. The van der Waals surface area contributed by atoms with E-state index in [2.05, 4.69) is 0 Å². The zero-order chi connectivity index (χ0) is 15.7. The van der Waals surface area contributed by atoms with Crippen LogP contribution in [-0.4, -0.2) is 39.9 Å². The molecule has 1 amide bonds. The predicted octanol–water partition coefficient (Wildman–Crippen LogP) is 1.53. The maximum atomic E-state index is 13.3. The molecule has 1 N–H and O–H groups in total. The number of hydrogen-bond donors (Lipinski definition) is 1. The molecule has 0 bridgehead atoms. The highest BCUT2D eigenvalue weighted by Crippen LogP contribution is 2.27. The fourth-order valence-electron chi connectivity index (χ4n) is 2.46. The molecular weight excluding hydrogens is 283 g/mol. The molecule has 1 saturated heterocycles. The van der Waals surface area contributed by atoms with Crippen molar-refractivity contribution in [3.63, 3.8) is 0 Å². The fraction of sp³-hybridized carbons (Fsp3) is 0.385. The van der Waals surface area contributed by atoms with Gasteiger partial charge >= 0.3 is 5.97 Å². The van der Waals surface area contributed by atoms with Crippen LogP contribution in [0, 0.1) is 27.8 Å². The molecule has 7 nitrogen and oxygen atoms in total. The van der Waals surface area contributed by atoms with Crippen LogP contribution in [-0.2, 0) is 4.79 Å². The Morgan fingerprint density at radius 3 is 2.62 bits per heavy atom. The van der Waals surface area contributed by atoms with Gasteiger partial charge in [-0.2, -0.15) is 0 Å². The first-order chi connectivity index (χ1) is 9.81. The molecule has 1 aromatic carbocycles. The van der Waals surface area contributed by atoms with Gasteiger partial charge in [0.1, 0.15) is 11.4 Å². The highest BCUT2D eigenvalue weighted by Gasteiger charge is 2.38. The molecule has 2 rings (SSSR count). The molecular formula is C13H13FN2O5. The number of rotatable bonds is 3. The summed E-state index contributed by atoms with van der Waals surface area (Å²) in [6.45, 7) is 1.82. The van der Waals surface area contributed by atoms with Crippen molar-refractivity contribution in [2.24, 2.45) is 11.8 Å². The molecule has 1 aliphatic rings. The summed E-state index contributed by atoms with van der Waals surface area (Å²) in [6.07, 6.45) is 0. The topological polar surface area (TPSA) is 101 Å². The molecule has 0 radical (unpaired) electrons. The minimum Gasteiger partial charge on any atom is -0.481 e. The number of nitrogens with zero attached hydrogens (tertiary/aromatic N) is 2. The van der Waals surface area contributed by atoms with Crippen molar-refractivity contribution in [1.29, 1.82) is 0 Å². The van der Waals surface area contributed by atoms with Crippen molar-refractivity contribution in [1.82, 2.24) is 4.90 Å². The number of amides is 1. The van der Waals surface area contributed by atoms with Crippen molar-refractivity contribution in [2.75, 3.05) is 13.1 Å². The minimum absolute atomic E-state index is 0.0387. The van der Waals surface area contributed by atoms with Crippen LogP contribution in [0.15, 0.2) is 18.2 Å². The largest absolute Gasteiger partial charge is 0.481 e. The number of benzene rings is 1. The van der Waals surface area contributed by atoms with Gasteiger partial charge in [0, 0.05) is 19.2 Å². The quantitative estimate of drug-likeness (QED) is 0.673. The van der Waals surface area contributed by atoms with Crippen LogP contribution >= 0.6 is 0 Å². The Hall–Kier alpha value is -2.51. The number of aliphatic carboxylic acids is 1. The molecule has 8 heteroatoms. The average Bonchev–Trinajstić information content (AvgIpc) is 2.79. The highest BCUT2D eigenvalue weighted by atomic mass is 19.1. The van der Waals surface area contributed by atoms with E-state index in [4.69, 9.17) is 5.11 Å². The van der Waals surface area contributed by atoms with E-state index in [1.54, 1.807) is 6.92 Å². The van der Waals surface area contributed by atoms with Gasteiger partial charge in [-0.05, 0) is 18.1 Å². The van der Waals surface area contributed by atoms with Crippen LogP contribution in [0.4, 0.5) is 10.1 Å². The Morgan fingerprint density at radius 2 is 2.10 bits per heavy atom. The lowest BCUT2D eigenvalue weighted by molar-refractivity contribution is -0.385. The third-order valence-electron chi connectivity index (χ3n) is 3.60. The van der Waals surface area contributed by atoms with Crippen LogP contribution in [0.25, 0.3) is 0 Å². The van der Waals surface area contributed by atoms with Gasteiger partial charge in [-0.3, -0.25) is 19.7 Å². The van der Waals surface area contributed by atoms with Crippen LogP contribution in [0.2, 0.25) is 0 Å². The standard InChI is InChI=1S/C13H13FN2O5/c1-7-5-15(6-10(7)13(18)19)12(17)9-4-8(14)2-3-11(9)16(20)21/h2-4,7,10H,5-6H2,1H3,(H,18,19)/t7-,10-/m1/s1. The van der Waals surface area contributed by atoms with Gasteiger partial charge < -0.3 is 10.0 Å². The Kier molecular flexibility index (Phi) is 3.88. The van der Waals surface area contributed by atoms with E-state index in [9.17, 15) is 24.1 Å². The van der Waals surface area contributed by atoms with E-state index >= 15 is 0 Å². The monoisotopic (exact) mass is 296 g/mol. The van der Waals surface area contributed by atoms with Crippen molar-refractivity contribution >= 4 is 17.6 Å². The number of carbonyl (C=O) groups excluding carboxylic acids is 1. The Bertz CT molecular complexity index is 619. The second-order valence-corrected chi connectivity index (χ2v) is 5.05. The van der Waals surface area contributed by atoms with Crippen molar-refractivity contribution in [2.45, 2.75) is 6.92 Å².